The van der Waals surface area contributed by atoms with Gasteiger partial charge in [0, 0.05) is 63.1 Å². The molecule has 19 heteroatoms. The first-order valence-electron chi connectivity index (χ1n) is 27.7. The number of hydrogen-bond acceptors (Lipinski definition) is 14. The van der Waals surface area contributed by atoms with E-state index in [4.69, 9.17) is 9.97 Å². The smallest absolute Gasteiger partial charge is 0.278 e. The van der Waals surface area contributed by atoms with E-state index in [1.165, 1.54) is 4.90 Å². The lowest BCUT2D eigenvalue weighted by Crippen LogP contribution is -2.57. The maximum Gasteiger partial charge on any atom is 0.278 e. The van der Waals surface area contributed by atoms with E-state index in [1.54, 1.807) is 33.0 Å². The zero-order valence-electron chi connectivity index (χ0n) is 46.0. The van der Waals surface area contributed by atoms with Crippen LogP contribution >= 0.6 is 11.3 Å². The van der Waals surface area contributed by atoms with Crippen molar-refractivity contribution in [1.29, 1.82) is 0 Å². The molecule has 0 unspecified atom stereocenters. The Hall–Kier alpha value is -6.80. The van der Waals surface area contributed by atoms with Gasteiger partial charge in [0.1, 0.15) is 23.1 Å². The van der Waals surface area contributed by atoms with Crippen molar-refractivity contribution in [2.45, 2.75) is 142 Å². The van der Waals surface area contributed by atoms with Gasteiger partial charge in [0.25, 0.3) is 5.56 Å². The number of rotatable bonds is 21. The fraction of sp³-hybridized carbons (Fsp3) is 0.492. The summed E-state index contributed by atoms with van der Waals surface area (Å²) in [5, 5.41) is 31.8. The van der Waals surface area contributed by atoms with Crippen molar-refractivity contribution in [3.63, 3.8) is 0 Å². The number of pyridine rings is 1. The number of nitrogens with zero attached hydrogens (tertiary/aromatic N) is 9. The number of carbonyl (C=O) groups is 3. The van der Waals surface area contributed by atoms with E-state index < -0.39 is 29.2 Å². The zero-order valence-corrected chi connectivity index (χ0v) is 46.8. The summed E-state index contributed by atoms with van der Waals surface area (Å²) in [4.78, 5) is 80.8. The minimum absolute atomic E-state index is 0.0272. The molecule has 2 aliphatic heterocycles. The fourth-order valence-corrected chi connectivity index (χ4v) is 11.9. The number of β-amino-alcohol motifs (C(OH)–C–C–N with tert-alkyl or cyclic N) is 1. The predicted octanol–water partition coefficient (Wildman–Crippen LogP) is 7.72. The Kier molecular flexibility index (Phi) is 17.3. The highest BCUT2D eigenvalue weighted by Gasteiger charge is 2.45. The first kappa shape index (κ1) is 55.9. The van der Waals surface area contributed by atoms with Gasteiger partial charge in [0.2, 0.25) is 23.7 Å². The average molecular weight is 1080 g/mol. The number of unbranched alkanes of at least 4 members (excludes halogenated alkanes) is 4. The second-order valence-corrected chi connectivity index (χ2v) is 23.2. The van der Waals surface area contributed by atoms with Crippen LogP contribution in [0.1, 0.15) is 121 Å². The molecular weight excluding hydrogens is 1000 g/mol. The number of thiazole rings is 1. The molecule has 2 saturated heterocycles. The molecule has 0 radical (unpaired) electrons. The number of aliphatic hydroxyl groups excluding tert-OH is 1. The minimum Gasteiger partial charge on any atom is -0.391 e. The van der Waals surface area contributed by atoms with Gasteiger partial charge in [-0.25, -0.2) is 24.3 Å². The van der Waals surface area contributed by atoms with Crippen LogP contribution < -0.4 is 26.4 Å². The van der Waals surface area contributed by atoms with E-state index in [9.17, 15) is 29.4 Å². The monoisotopic (exact) mass is 1080 g/mol. The number of anilines is 3. The summed E-state index contributed by atoms with van der Waals surface area (Å²) in [7, 11) is 0. The van der Waals surface area contributed by atoms with Crippen molar-refractivity contribution < 1.29 is 24.6 Å². The average Bonchev–Trinajstić information content (AvgIpc) is 4.39. The van der Waals surface area contributed by atoms with Crippen molar-refractivity contribution in [1.82, 2.24) is 49.7 Å². The SMILES string of the molecule is C=CCn1c(=O)c2cnc(Nc3ccc(N4CCN(CCCCCCCC(=O)N[C@H](C(=O)N5C[C@H](O)C[C@H]5C(=O)N[C@@H](C)c5ccc(-c6scnc6C)cc5)C(C)(C)C)CC4)cc3)nc2n1-c1ccc2c(n1)[C@@](O)(CC)CC2. The fourth-order valence-electron chi connectivity index (χ4n) is 11.1. The van der Waals surface area contributed by atoms with Gasteiger partial charge in [-0.3, -0.25) is 24.1 Å². The summed E-state index contributed by atoms with van der Waals surface area (Å²) in [6.45, 7) is 20.5. The molecule has 6 heterocycles. The first-order chi connectivity index (χ1) is 37.4. The Bertz CT molecular complexity index is 3160. The van der Waals surface area contributed by atoms with E-state index >= 15 is 0 Å². The molecule has 5 N–H and O–H groups in total. The van der Waals surface area contributed by atoms with Crippen molar-refractivity contribution in [2.75, 3.05) is 49.5 Å². The van der Waals surface area contributed by atoms with Crippen LogP contribution in [0, 0.1) is 12.3 Å². The number of carbonyl (C=O) groups excluding carboxylic acids is 3. The lowest BCUT2D eigenvalue weighted by Gasteiger charge is -2.36. The van der Waals surface area contributed by atoms with Gasteiger partial charge in [-0.05, 0) is 105 Å². The van der Waals surface area contributed by atoms with Crippen LogP contribution in [-0.2, 0) is 33.0 Å². The van der Waals surface area contributed by atoms with Crippen molar-refractivity contribution in [3.05, 3.63) is 118 Å². The second kappa shape index (κ2) is 24.1. The van der Waals surface area contributed by atoms with E-state index in [0.717, 1.165) is 103 Å². The maximum atomic E-state index is 14.2. The summed E-state index contributed by atoms with van der Waals surface area (Å²) in [5.41, 5.74) is 6.92. The molecule has 78 heavy (non-hydrogen) atoms. The number of likely N-dealkylation sites (tertiary alicyclic amines) is 1. The lowest BCUT2D eigenvalue weighted by atomic mass is 9.85. The van der Waals surface area contributed by atoms with Gasteiger partial charge in [0.05, 0.1) is 40.5 Å². The Morgan fingerprint density at radius 3 is 2.36 bits per heavy atom. The number of hydrogen-bond donors (Lipinski definition) is 5. The molecule has 0 saturated carbocycles. The maximum absolute atomic E-state index is 14.2. The summed E-state index contributed by atoms with van der Waals surface area (Å²) in [5.74, 6) is -0.0433. The van der Waals surface area contributed by atoms with Gasteiger partial charge in [-0.2, -0.15) is 4.98 Å². The van der Waals surface area contributed by atoms with Crippen LogP contribution in [0.5, 0.6) is 0 Å². The Balaban J connectivity index is 0.692. The number of nitrogens with one attached hydrogen (secondary N) is 3. The highest BCUT2D eigenvalue weighted by molar-refractivity contribution is 7.13. The molecule has 6 aromatic rings. The lowest BCUT2D eigenvalue weighted by molar-refractivity contribution is -0.144. The highest BCUT2D eigenvalue weighted by atomic mass is 32.1. The van der Waals surface area contributed by atoms with Gasteiger partial charge < -0.3 is 36.0 Å². The molecule has 1 aliphatic carbocycles. The normalized spacial score (nSPS) is 19.4. The summed E-state index contributed by atoms with van der Waals surface area (Å²) >= 11 is 1.59. The highest BCUT2D eigenvalue weighted by Crippen LogP contribution is 2.39. The molecule has 3 aliphatic rings. The molecule has 18 nitrogen and oxygen atoms in total. The number of piperazine rings is 1. The molecule has 9 rings (SSSR count). The summed E-state index contributed by atoms with van der Waals surface area (Å²) in [6, 6.07) is 18.0. The standard InChI is InChI=1S/C59H76N12O6S/c1-8-28-70-55(75)46-35-60-57(66-53(46)71(70)48-25-20-42-26-27-59(77,9-2)51(42)64-48)63-43-21-23-44(24-22-43)68-32-30-67(31-33-68)29-14-12-10-11-13-15-49(73)65-52(58(5,6)7)56(76)69-36-45(72)34-47(69)54(74)62-38(3)40-16-18-41(19-17-40)50-39(4)61-37-78-50/h8,16-25,35,37-38,45,47,52,72,77H,1,9-15,26-34,36H2,2-7H3,(H,62,74)(H,65,73)(H,60,63,66)/t38-,45+,47-,52+,59+/m0/s1. The van der Waals surface area contributed by atoms with Gasteiger partial charge >= 0.3 is 0 Å². The van der Waals surface area contributed by atoms with Crippen LogP contribution in [0.2, 0.25) is 0 Å². The Morgan fingerprint density at radius 2 is 1.67 bits per heavy atom. The van der Waals surface area contributed by atoms with Crippen LogP contribution in [0.3, 0.4) is 0 Å². The topological polar surface area (TPSA) is 216 Å². The summed E-state index contributed by atoms with van der Waals surface area (Å²) in [6.07, 6.45) is 9.50. The molecule has 414 valence electrons. The van der Waals surface area contributed by atoms with E-state index in [2.05, 4.69) is 54.4 Å². The number of allylic oxidation sites excluding steroid dienone is 1. The first-order valence-corrected chi connectivity index (χ1v) is 28.6. The number of fused-ring (bicyclic) bond motifs is 2. The van der Waals surface area contributed by atoms with Crippen LogP contribution in [0.4, 0.5) is 17.3 Å². The predicted molar refractivity (Wildman–Crippen MR) is 306 cm³/mol. The third-order valence-corrected chi connectivity index (χ3v) is 16.8. The van der Waals surface area contributed by atoms with Crippen LogP contribution in [-0.4, -0.2) is 124 Å². The number of aromatic nitrogens is 6. The van der Waals surface area contributed by atoms with Gasteiger partial charge in [-0.1, -0.05) is 83.4 Å². The molecule has 4 aromatic heterocycles. The van der Waals surface area contributed by atoms with Gasteiger partial charge in [0.15, 0.2) is 11.5 Å². The second-order valence-electron chi connectivity index (χ2n) is 22.4. The van der Waals surface area contributed by atoms with Crippen molar-refractivity contribution in [2.24, 2.45) is 5.41 Å². The largest absolute Gasteiger partial charge is 0.391 e. The van der Waals surface area contributed by atoms with Gasteiger partial charge in [-0.15, -0.1) is 17.9 Å². The zero-order chi connectivity index (χ0) is 55.3. The minimum atomic E-state index is -1.01. The molecule has 2 fully saturated rings. The van der Waals surface area contributed by atoms with Crippen LogP contribution in [0.15, 0.2) is 89.8 Å². The molecule has 0 spiro atoms. The third kappa shape index (κ3) is 12.4. The molecule has 3 amide bonds. The summed E-state index contributed by atoms with van der Waals surface area (Å²) < 4.78 is 3.24. The van der Waals surface area contributed by atoms with E-state index in [-0.39, 0.29) is 48.8 Å². The van der Waals surface area contributed by atoms with Crippen molar-refractivity contribution in [3.8, 4) is 16.3 Å². The number of aryl methyl sites for hydroxylation is 2. The number of aliphatic hydroxyl groups is 2. The third-order valence-electron chi connectivity index (χ3n) is 15.8. The number of amides is 3. The quantitative estimate of drug-likeness (QED) is 0.0345. The Morgan fingerprint density at radius 1 is 0.936 bits per heavy atom. The number of benzene rings is 2. The Labute approximate surface area is 461 Å². The van der Waals surface area contributed by atoms with E-state index in [1.807, 2.05) is 95.6 Å². The molecular formula is C59H76N12O6S. The molecule has 5 atom stereocenters. The van der Waals surface area contributed by atoms with Crippen molar-refractivity contribution >= 4 is 57.4 Å². The van der Waals surface area contributed by atoms with E-state index in [0.29, 0.717) is 54.2 Å². The molecule has 2 aromatic carbocycles. The van der Waals surface area contributed by atoms with Crippen LogP contribution in [0.25, 0.3) is 27.3 Å². The molecule has 0 bridgehead atoms.